The maximum Gasteiger partial charge on any atom is 0.275 e. The van der Waals surface area contributed by atoms with Crippen LogP contribution in [-0.2, 0) is 14.4 Å². The average Bonchev–Trinajstić information content (AvgIpc) is 2.71. The van der Waals surface area contributed by atoms with Gasteiger partial charge in [-0.3, -0.25) is 14.4 Å². The van der Waals surface area contributed by atoms with E-state index in [1.54, 1.807) is 0 Å². The molecule has 3 atom stereocenters. The summed E-state index contributed by atoms with van der Waals surface area (Å²) < 4.78 is 0. The molecule has 0 bridgehead atoms. The summed E-state index contributed by atoms with van der Waals surface area (Å²) in [6.45, 7) is 5.61. The van der Waals surface area contributed by atoms with Crippen molar-refractivity contribution < 1.29 is 24.2 Å². The molecule has 1 saturated carbocycles. The largest absolute Gasteiger partial charge is 0.354 e. The van der Waals surface area contributed by atoms with Crippen molar-refractivity contribution >= 4 is 25.3 Å². The number of ketones is 1. The van der Waals surface area contributed by atoms with Gasteiger partial charge in [-0.05, 0) is 31.1 Å². The molecule has 1 rings (SSSR count). The van der Waals surface area contributed by atoms with Crippen LogP contribution in [0.4, 0.5) is 0 Å². The van der Waals surface area contributed by atoms with E-state index in [0.717, 1.165) is 32.1 Å². The number of carbonyl (C=O) groups excluding carboxylic acids is 3. The third kappa shape index (κ3) is 9.82. The molecule has 1 aliphatic rings. The topological polar surface area (TPSA) is 142 Å². The molecule has 0 heterocycles. The summed E-state index contributed by atoms with van der Waals surface area (Å²) in [5.74, 6) is -1.16. The van der Waals surface area contributed by atoms with Crippen LogP contribution in [0.2, 0.25) is 0 Å². The highest BCUT2D eigenvalue weighted by atomic mass is 31.2. The lowest BCUT2D eigenvalue weighted by molar-refractivity contribution is -0.128. The highest BCUT2D eigenvalue weighted by Gasteiger charge is 2.39. The molecule has 1 fully saturated rings. The first-order chi connectivity index (χ1) is 14.1. The van der Waals surface area contributed by atoms with Crippen LogP contribution < -0.4 is 16.4 Å². The first-order valence-electron chi connectivity index (χ1n) is 11.2. The van der Waals surface area contributed by atoms with E-state index in [9.17, 15) is 24.2 Å². The predicted molar refractivity (Wildman–Crippen MR) is 120 cm³/mol. The Bertz CT molecular complexity index is 567. The van der Waals surface area contributed by atoms with Gasteiger partial charge in [0.1, 0.15) is 6.16 Å². The van der Waals surface area contributed by atoms with Gasteiger partial charge in [0.05, 0.1) is 18.5 Å². The predicted octanol–water partition coefficient (Wildman–Crippen LogP) is 1.60. The molecule has 8 nitrogen and oxygen atoms in total. The summed E-state index contributed by atoms with van der Waals surface area (Å²) >= 11 is 0. The van der Waals surface area contributed by atoms with Crippen LogP contribution in [0.3, 0.4) is 0 Å². The Kier molecular flexibility index (Phi) is 12.0. The second kappa shape index (κ2) is 13.4. The molecule has 1 aliphatic carbocycles. The molecule has 2 amide bonds. The van der Waals surface area contributed by atoms with Gasteiger partial charge < -0.3 is 16.4 Å². The fraction of sp³-hybridized carbons (Fsp3) is 0.857. The van der Waals surface area contributed by atoms with Crippen molar-refractivity contribution in [2.75, 3.05) is 25.4 Å². The molecule has 0 aromatic heterocycles. The molecule has 174 valence electrons. The van der Waals surface area contributed by atoms with Crippen LogP contribution in [0.15, 0.2) is 0 Å². The van der Waals surface area contributed by atoms with Gasteiger partial charge in [0.25, 0.3) is 7.72 Å². The van der Waals surface area contributed by atoms with Gasteiger partial charge in [0.15, 0.2) is 11.9 Å². The van der Waals surface area contributed by atoms with Crippen molar-refractivity contribution in [2.24, 2.45) is 23.5 Å². The molecule has 0 spiro atoms. The van der Waals surface area contributed by atoms with Crippen LogP contribution in [0.25, 0.3) is 0 Å². The number of amides is 2. The third-order valence-electron chi connectivity index (χ3n) is 6.11. The molecule has 9 heteroatoms. The number of hydrogen-bond donors (Lipinski definition) is 5. The van der Waals surface area contributed by atoms with Crippen molar-refractivity contribution in [3.05, 3.63) is 0 Å². The van der Waals surface area contributed by atoms with Crippen LogP contribution in [0.5, 0.6) is 0 Å². The summed E-state index contributed by atoms with van der Waals surface area (Å²) in [7, 11) is -3.28. The Hall–Kier alpha value is -1.08. The van der Waals surface area contributed by atoms with Crippen molar-refractivity contribution in [3.8, 4) is 0 Å². The van der Waals surface area contributed by atoms with E-state index < -0.39 is 19.7 Å². The van der Waals surface area contributed by atoms with Gasteiger partial charge in [-0.1, -0.05) is 46.5 Å². The van der Waals surface area contributed by atoms with Gasteiger partial charge in [-0.25, -0.2) is 9.79 Å². The SMILES string of the molecule is CCC(C)[C@H](N)C(=O)NC[C@H](CC)C(=O)NCC(=O)C[P+](O)(O)CC1CCCCC1. The highest BCUT2D eigenvalue weighted by molar-refractivity contribution is 7.65. The first kappa shape index (κ1) is 27.0. The lowest BCUT2D eigenvalue weighted by atomic mass is 9.91. The van der Waals surface area contributed by atoms with Gasteiger partial charge in [-0.2, -0.15) is 0 Å². The lowest BCUT2D eigenvalue weighted by Crippen LogP contribution is -2.48. The molecule has 0 aromatic rings. The minimum atomic E-state index is -3.28. The van der Waals surface area contributed by atoms with E-state index in [2.05, 4.69) is 10.6 Å². The number of Topliss-reactive ketones (excluding diaryl/α,β-unsaturated/α-hetero) is 1. The average molecular weight is 447 g/mol. The van der Waals surface area contributed by atoms with E-state index in [1.807, 2.05) is 20.8 Å². The number of hydrogen-bond acceptors (Lipinski definition) is 6. The van der Waals surface area contributed by atoms with Gasteiger partial charge in [0, 0.05) is 6.54 Å². The van der Waals surface area contributed by atoms with Crippen LogP contribution in [0.1, 0.15) is 65.7 Å². The molecule has 0 radical (unpaired) electrons. The standard InChI is InChI=1S/C21H40N3O5P/c1-4-15(3)19(22)21(27)23-11-17(5-2)20(26)24-12-18(25)14-30(28,29)13-16-9-7-6-8-10-16/h15-17,19,28-29H,4-14,22H2,1-3H3,(H-,23,24,26,27)/p+1/t15?,17-,19-/m0/s1. The number of nitrogens with two attached hydrogens (primary N) is 1. The van der Waals surface area contributed by atoms with E-state index in [-0.39, 0.29) is 48.7 Å². The fourth-order valence-electron chi connectivity index (χ4n) is 3.79. The Labute approximate surface area is 181 Å². The van der Waals surface area contributed by atoms with Crippen molar-refractivity contribution in [1.82, 2.24) is 10.6 Å². The highest BCUT2D eigenvalue weighted by Crippen LogP contribution is 2.52. The Morgan fingerprint density at radius 1 is 1.03 bits per heavy atom. The zero-order valence-electron chi connectivity index (χ0n) is 18.7. The molecule has 0 aromatic carbocycles. The molecule has 1 unspecified atom stereocenters. The Morgan fingerprint density at radius 3 is 2.23 bits per heavy atom. The minimum absolute atomic E-state index is 0.0469. The Morgan fingerprint density at radius 2 is 1.67 bits per heavy atom. The molecule has 30 heavy (non-hydrogen) atoms. The summed E-state index contributed by atoms with van der Waals surface area (Å²) in [6, 6.07) is -0.618. The van der Waals surface area contributed by atoms with Crippen molar-refractivity contribution in [3.63, 3.8) is 0 Å². The third-order valence-corrected chi connectivity index (χ3v) is 8.07. The maximum absolute atomic E-state index is 12.4. The zero-order chi connectivity index (χ0) is 22.7. The number of carbonyl (C=O) groups is 3. The Balaban J connectivity index is 2.40. The monoisotopic (exact) mass is 446 g/mol. The van der Waals surface area contributed by atoms with Crippen LogP contribution in [0, 0.1) is 17.8 Å². The minimum Gasteiger partial charge on any atom is -0.354 e. The molecular formula is C21H41N3O5P+. The maximum atomic E-state index is 12.4. The second-order valence-corrected chi connectivity index (χ2v) is 11.2. The number of rotatable bonds is 13. The van der Waals surface area contributed by atoms with Crippen molar-refractivity contribution in [2.45, 2.75) is 71.8 Å². The van der Waals surface area contributed by atoms with Crippen LogP contribution in [-0.4, -0.2) is 58.8 Å². The fourth-order valence-corrected chi connectivity index (χ4v) is 5.79. The van der Waals surface area contributed by atoms with Gasteiger partial charge in [0.2, 0.25) is 11.8 Å². The van der Waals surface area contributed by atoms with Crippen molar-refractivity contribution in [1.29, 1.82) is 0 Å². The molecule has 6 N–H and O–H groups in total. The first-order valence-corrected chi connectivity index (χ1v) is 13.3. The quantitative estimate of drug-likeness (QED) is 0.272. The smallest absolute Gasteiger partial charge is 0.275 e. The molecule has 0 saturated heterocycles. The summed E-state index contributed by atoms with van der Waals surface area (Å²) in [5, 5.41) is 5.29. The van der Waals surface area contributed by atoms with E-state index in [1.165, 1.54) is 6.42 Å². The van der Waals surface area contributed by atoms with Crippen LogP contribution >= 0.6 is 7.72 Å². The van der Waals surface area contributed by atoms with Gasteiger partial charge >= 0.3 is 0 Å². The summed E-state index contributed by atoms with van der Waals surface area (Å²) in [4.78, 5) is 57.2. The normalized spacial score (nSPS) is 18.3. The molecule has 0 aliphatic heterocycles. The lowest BCUT2D eigenvalue weighted by Gasteiger charge is -2.23. The summed E-state index contributed by atoms with van der Waals surface area (Å²) in [6.07, 6.45) is 6.65. The second-order valence-electron chi connectivity index (χ2n) is 8.74. The van der Waals surface area contributed by atoms with E-state index in [0.29, 0.717) is 12.6 Å². The van der Waals surface area contributed by atoms with E-state index >= 15 is 0 Å². The number of nitrogens with one attached hydrogen (secondary N) is 2. The van der Waals surface area contributed by atoms with E-state index in [4.69, 9.17) is 5.73 Å². The molecular weight excluding hydrogens is 405 g/mol. The summed E-state index contributed by atoms with van der Waals surface area (Å²) in [5.41, 5.74) is 5.90. The zero-order valence-corrected chi connectivity index (χ0v) is 19.6. The van der Waals surface area contributed by atoms with Gasteiger partial charge in [-0.15, -0.1) is 0 Å².